The van der Waals surface area contributed by atoms with Crippen LogP contribution in [0.25, 0.3) is 0 Å². The van der Waals surface area contributed by atoms with E-state index in [0.717, 1.165) is 17.8 Å². The molecule has 0 spiro atoms. The van der Waals surface area contributed by atoms with Crippen molar-refractivity contribution in [2.75, 3.05) is 12.4 Å². The van der Waals surface area contributed by atoms with Crippen LogP contribution in [-0.4, -0.2) is 13.1 Å². The molecule has 0 amide bonds. The average molecular weight is 351 g/mol. The van der Waals surface area contributed by atoms with E-state index in [1.807, 2.05) is 12.1 Å². The summed E-state index contributed by atoms with van der Waals surface area (Å²) >= 11 is 0. The highest BCUT2D eigenvalue weighted by molar-refractivity contribution is 5.89. The maximum atomic E-state index is 11.5. The topological polar surface area (TPSA) is 38.3 Å². The van der Waals surface area contributed by atoms with Gasteiger partial charge in [0.05, 0.1) is 12.7 Å². The van der Waals surface area contributed by atoms with Gasteiger partial charge in [-0.25, -0.2) is 4.79 Å². The smallest absolute Gasteiger partial charge is 0.337 e. The molecule has 138 valence electrons. The second kappa shape index (κ2) is 6.79. The van der Waals surface area contributed by atoms with Crippen molar-refractivity contribution >= 4 is 11.7 Å². The van der Waals surface area contributed by atoms with Gasteiger partial charge in [0.2, 0.25) is 0 Å². The highest BCUT2D eigenvalue weighted by Gasteiger charge is 2.36. The number of anilines is 1. The summed E-state index contributed by atoms with van der Waals surface area (Å²) in [5.74, 6) is -0.302. The van der Waals surface area contributed by atoms with Crippen LogP contribution in [0.5, 0.6) is 0 Å². The zero-order valence-electron chi connectivity index (χ0n) is 16.5. The number of methoxy groups -OCH3 is 1. The van der Waals surface area contributed by atoms with Crippen LogP contribution in [-0.2, 0) is 22.1 Å². The molecule has 0 aliphatic heterocycles. The summed E-state index contributed by atoms with van der Waals surface area (Å²) in [7, 11) is 1.40. The van der Waals surface area contributed by atoms with Crippen molar-refractivity contribution in [3.8, 4) is 0 Å². The SMILES string of the molecule is COC(=O)c1ccc(CNc2ccc3c(c2)C(C)(C)CCC3(C)C)cc1. The Labute approximate surface area is 156 Å². The molecule has 0 aromatic heterocycles. The first-order valence-electron chi connectivity index (χ1n) is 9.29. The first kappa shape index (κ1) is 18.5. The van der Waals surface area contributed by atoms with E-state index in [0.29, 0.717) is 5.56 Å². The van der Waals surface area contributed by atoms with Gasteiger partial charge in [0.25, 0.3) is 0 Å². The third kappa shape index (κ3) is 3.62. The standard InChI is InChI=1S/C23H29NO2/c1-22(2)12-13-23(3,4)20-14-18(10-11-19(20)22)24-15-16-6-8-17(9-7-16)21(25)26-5/h6-11,14,24H,12-13,15H2,1-5H3. The predicted octanol–water partition coefficient (Wildman–Crippen LogP) is 5.43. The van der Waals surface area contributed by atoms with Crippen LogP contribution in [0.2, 0.25) is 0 Å². The minimum atomic E-state index is -0.302. The van der Waals surface area contributed by atoms with Crippen LogP contribution in [0.1, 0.15) is 67.6 Å². The first-order valence-corrected chi connectivity index (χ1v) is 9.29. The molecule has 1 aliphatic carbocycles. The number of esters is 1. The van der Waals surface area contributed by atoms with Crippen LogP contribution < -0.4 is 5.32 Å². The van der Waals surface area contributed by atoms with Crippen molar-refractivity contribution in [3.63, 3.8) is 0 Å². The Morgan fingerprint density at radius 1 is 0.962 bits per heavy atom. The lowest BCUT2D eigenvalue weighted by Gasteiger charge is -2.42. The van der Waals surface area contributed by atoms with Gasteiger partial charge in [-0.05, 0) is 64.6 Å². The quantitative estimate of drug-likeness (QED) is 0.746. The number of fused-ring (bicyclic) bond motifs is 1. The van der Waals surface area contributed by atoms with E-state index in [1.54, 1.807) is 12.1 Å². The molecule has 1 N–H and O–H groups in total. The van der Waals surface area contributed by atoms with Crippen LogP contribution >= 0.6 is 0 Å². The third-order valence-electron chi connectivity index (χ3n) is 5.72. The number of carbonyl (C=O) groups is 1. The lowest BCUT2D eigenvalue weighted by molar-refractivity contribution is 0.0600. The van der Waals surface area contributed by atoms with Crippen LogP contribution in [0.3, 0.4) is 0 Å². The minimum Gasteiger partial charge on any atom is -0.465 e. The maximum absolute atomic E-state index is 11.5. The van der Waals surface area contributed by atoms with E-state index in [1.165, 1.54) is 31.1 Å². The largest absolute Gasteiger partial charge is 0.465 e. The molecule has 1 aliphatic rings. The van der Waals surface area contributed by atoms with Gasteiger partial charge in [-0.15, -0.1) is 0 Å². The highest BCUT2D eigenvalue weighted by Crippen LogP contribution is 2.46. The summed E-state index contributed by atoms with van der Waals surface area (Å²) in [5, 5.41) is 3.52. The molecule has 0 radical (unpaired) electrons. The molecular weight excluding hydrogens is 322 g/mol. The van der Waals surface area contributed by atoms with Crippen molar-refractivity contribution in [3.05, 3.63) is 64.7 Å². The Morgan fingerprint density at radius 2 is 1.58 bits per heavy atom. The molecule has 3 heteroatoms. The summed E-state index contributed by atoms with van der Waals surface area (Å²) in [6, 6.07) is 14.3. The molecule has 0 saturated heterocycles. The molecule has 3 rings (SSSR count). The Morgan fingerprint density at radius 3 is 2.19 bits per heavy atom. The molecule has 0 heterocycles. The van der Waals surface area contributed by atoms with Gasteiger partial charge in [0.1, 0.15) is 0 Å². The predicted molar refractivity (Wildman–Crippen MR) is 107 cm³/mol. The number of carbonyl (C=O) groups excluding carboxylic acids is 1. The fraction of sp³-hybridized carbons (Fsp3) is 0.435. The third-order valence-corrected chi connectivity index (χ3v) is 5.72. The minimum absolute atomic E-state index is 0.213. The van der Waals surface area contributed by atoms with Crippen LogP contribution in [0.4, 0.5) is 5.69 Å². The second-order valence-corrected chi connectivity index (χ2v) is 8.57. The van der Waals surface area contributed by atoms with Gasteiger partial charge in [0.15, 0.2) is 0 Å². The normalized spacial score (nSPS) is 17.3. The van der Waals surface area contributed by atoms with Crippen molar-refractivity contribution in [1.82, 2.24) is 0 Å². The van der Waals surface area contributed by atoms with E-state index in [4.69, 9.17) is 4.74 Å². The van der Waals surface area contributed by atoms with E-state index in [2.05, 4.69) is 51.2 Å². The number of ether oxygens (including phenoxy) is 1. The van der Waals surface area contributed by atoms with Gasteiger partial charge < -0.3 is 10.1 Å². The van der Waals surface area contributed by atoms with E-state index in [-0.39, 0.29) is 16.8 Å². The van der Waals surface area contributed by atoms with Crippen LogP contribution in [0, 0.1) is 0 Å². The summed E-state index contributed by atoms with van der Waals surface area (Å²) in [4.78, 5) is 11.5. The fourth-order valence-electron chi connectivity index (χ4n) is 3.78. The monoisotopic (exact) mass is 351 g/mol. The molecule has 2 aromatic rings. The fourth-order valence-corrected chi connectivity index (χ4v) is 3.78. The van der Waals surface area contributed by atoms with Gasteiger partial charge >= 0.3 is 5.97 Å². The van der Waals surface area contributed by atoms with Gasteiger partial charge in [-0.2, -0.15) is 0 Å². The zero-order valence-corrected chi connectivity index (χ0v) is 16.5. The molecule has 0 atom stereocenters. The summed E-state index contributed by atoms with van der Waals surface area (Å²) in [6.07, 6.45) is 2.44. The van der Waals surface area contributed by atoms with Gasteiger partial charge in [-0.1, -0.05) is 45.9 Å². The first-order chi connectivity index (χ1) is 12.2. The van der Waals surface area contributed by atoms with Crippen LogP contribution in [0.15, 0.2) is 42.5 Å². The molecule has 0 unspecified atom stereocenters. The molecule has 0 saturated carbocycles. The Kier molecular flexibility index (Phi) is 4.83. The molecular formula is C23H29NO2. The molecule has 2 aromatic carbocycles. The Balaban J connectivity index is 1.76. The van der Waals surface area contributed by atoms with Crippen molar-refractivity contribution in [2.45, 2.75) is 57.9 Å². The van der Waals surface area contributed by atoms with E-state index in [9.17, 15) is 4.79 Å². The molecule has 26 heavy (non-hydrogen) atoms. The average Bonchev–Trinajstić information content (AvgIpc) is 2.63. The summed E-state index contributed by atoms with van der Waals surface area (Å²) in [5.41, 5.74) is 6.25. The lowest BCUT2D eigenvalue weighted by atomic mass is 9.63. The second-order valence-electron chi connectivity index (χ2n) is 8.57. The number of benzene rings is 2. The highest BCUT2D eigenvalue weighted by atomic mass is 16.5. The zero-order chi connectivity index (χ0) is 18.9. The van der Waals surface area contributed by atoms with E-state index < -0.39 is 0 Å². The van der Waals surface area contributed by atoms with Gasteiger partial charge in [0, 0.05) is 12.2 Å². The molecule has 3 nitrogen and oxygen atoms in total. The van der Waals surface area contributed by atoms with Crippen molar-refractivity contribution < 1.29 is 9.53 Å². The molecule has 0 bridgehead atoms. The summed E-state index contributed by atoms with van der Waals surface area (Å²) < 4.78 is 4.74. The van der Waals surface area contributed by atoms with Gasteiger partial charge in [-0.3, -0.25) is 0 Å². The summed E-state index contributed by atoms with van der Waals surface area (Å²) in [6.45, 7) is 10.1. The number of nitrogens with one attached hydrogen (secondary N) is 1. The Bertz CT molecular complexity index is 803. The van der Waals surface area contributed by atoms with Crippen molar-refractivity contribution in [2.24, 2.45) is 0 Å². The van der Waals surface area contributed by atoms with E-state index >= 15 is 0 Å². The lowest BCUT2D eigenvalue weighted by Crippen LogP contribution is -2.33. The number of rotatable bonds is 4. The molecule has 0 fully saturated rings. The number of hydrogen-bond donors (Lipinski definition) is 1. The maximum Gasteiger partial charge on any atom is 0.337 e. The Hall–Kier alpha value is -2.29. The number of hydrogen-bond acceptors (Lipinski definition) is 3. The van der Waals surface area contributed by atoms with Crippen molar-refractivity contribution in [1.29, 1.82) is 0 Å².